The summed E-state index contributed by atoms with van der Waals surface area (Å²) in [5.74, 6) is -0.00348. The van der Waals surface area contributed by atoms with Gasteiger partial charge in [0.15, 0.2) is 11.5 Å². The van der Waals surface area contributed by atoms with Gasteiger partial charge in [-0.15, -0.1) is 0 Å². The van der Waals surface area contributed by atoms with E-state index in [-0.39, 0.29) is 18.7 Å². The Balaban J connectivity index is 2.06. The number of rotatable bonds is 7. The van der Waals surface area contributed by atoms with E-state index in [2.05, 4.69) is 5.32 Å². The summed E-state index contributed by atoms with van der Waals surface area (Å²) in [6.07, 6.45) is 1.03. The van der Waals surface area contributed by atoms with Gasteiger partial charge in [-0.05, 0) is 30.5 Å². The number of methoxy groups -OCH3 is 2. The minimum Gasteiger partial charge on any atom is -0.493 e. The van der Waals surface area contributed by atoms with Crippen molar-refractivity contribution >= 4 is 11.9 Å². The molecule has 7 nitrogen and oxygen atoms in total. The molecule has 0 aliphatic carbocycles. The Morgan fingerprint density at radius 3 is 2.46 bits per heavy atom. The van der Waals surface area contributed by atoms with Crippen LogP contribution in [0.2, 0.25) is 0 Å². The van der Waals surface area contributed by atoms with Crippen LogP contribution in [0, 0.1) is 0 Å². The number of hydrogen-bond donors (Lipinski definition) is 2. The van der Waals surface area contributed by atoms with Crippen LogP contribution >= 0.6 is 0 Å². The third-order valence-electron chi connectivity index (χ3n) is 4.16. The van der Waals surface area contributed by atoms with Crippen molar-refractivity contribution in [2.75, 3.05) is 27.4 Å². The van der Waals surface area contributed by atoms with Gasteiger partial charge in [0.1, 0.15) is 0 Å². The maximum Gasteiger partial charge on any atom is 0.305 e. The van der Waals surface area contributed by atoms with E-state index in [0.29, 0.717) is 37.6 Å². The molecule has 1 aromatic carbocycles. The number of carboxylic acids is 1. The Morgan fingerprint density at radius 2 is 1.88 bits per heavy atom. The average Bonchev–Trinajstić information content (AvgIpc) is 2.54. The molecule has 1 heterocycles. The first kappa shape index (κ1) is 18.1. The molecule has 7 heteroatoms. The first-order valence-corrected chi connectivity index (χ1v) is 7.79. The Morgan fingerprint density at radius 1 is 1.21 bits per heavy atom. The van der Waals surface area contributed by atoms with Gasteiger partial charge in [-0.3, -0.25) is 9.59 Å². The molecule has 1 saturated heterocycles. The summed E-state index contributed by atoms with van der Waals surface area (Å²) in [7, 11) is 3.08. The fraction of sp³-hybridized carbons (Fsp3) is 0.529. The molecule has 1 aliphatic heterocycles. The maximum atomic E-state index is 12.4. The van der Waals surface area contributed by atoms with Gasteiger partial charge in [-0.25, -0.2) is 0 Å². The normalized spacial score (nSPS) is 16.2. The molecule has 0 saturated carbocycles. The highest BCUT2D eigenvalue weighted by molar-refractivity contribution is 5.80. The van der Waals surface area contributed by atoms with Crippen molar-refractivity contribution in [2.45, 2.75) is 31.2 Å². The molecule has 0 spiro atoms. The Labute approximate surface area is 140 Å². The first-order chi connectivity index (χ1) is 11.5. The van der Waals surface area contributed by atoms with Gasteiger partial charge in [0.2, 0.25) is 5.91 Å². The summed E-state index contributed by atoms with van der Waals surface area (Å²) in [6, 6.07) is 5.27. The molecular weight excluding hydrogens is 314 g/mol. The van der Waals surface area contributed by atoms with Crippen LogP contribution in [0.3, 0.4) is 0 Å². The molecule has 0 atom stereocenters. The molecule has 1 fully saturated rings. The van der Waals surface area contributed by atoms with Crippen LogP contribution in [0.1, 0.15) is 24.8 Å². The first-order valence-electron chi connectivity index (χ1n) is 7.79. The van der Waals surface area contributed by atoms with Gasteiger partial charge >= 0.3 is 5.97 Å². The number of nitrogens with one attached hydrogen (secondary N) is 1. The number of hydrogen-bond acceptors (Lipinski definition) is 5. The number of aliphatic carboxylic acids is 1. The molecule has 0 radical (unpaired) electrons. The van der Waals surface area contributed by atoms with Crippen molar-refractivity contribution < 1.29 is 28.9 Å². The van der Waals surface area contributed by atoms with Crippen LogP contribution in [0.15, 0.2) is 18.2 Å². The average molecular weight is 337 g/mol. The molecule has 132 valence electrons. The number of carboxylic acid groups (broad SMARTS) is 1. The molecule has 1 aliphatic rings. The van der Waals surface area contributed by atoms with E-state index < -0.39 is 11.5 Å². The predicted molar refractivity (Wildman–Crippen MR) is 86.4 cm³/mol. The molecule has 0 aromatic heterocycles. The number of ether oxygens (including phenoxy) is 3. The summed E-state index contributed by atoms with van der Waals surface area (Å²) < 4.78 is 15.7. The van der Waals surface area contributed by atoms with Crippen molar-refractivity contribution in [3.05, 3.63) is 23.8 Å². The van der Waals surface area contributed by atoms with Gasteiger partial charge in [0, 0.05) is 13.2 Å². The van der Waals surface area contributed by atoms with Crippen molar-refractivity contribution in [1.82, 2.24) is 5.32 Å². The minimum absolute atomic E-state index is 0.103. The Kier molecular flexibility index (Phi) is 6.03. The summed E-state index contributed by atoms with van der Waals surface area (Å²) >= 11 is 0. The second-order valence-corrected chi connectivity index (χ2v) is 5.88. The lowest BCUT2D eigenvalue weighted by molar-refractivity contribution is -0.140. The molecule has 2 rings (SSSR count). The molecule has 0 unspecified atom stereocenters. The van der Waals surface area contributed by atoms with E-state index in [9.17, 15) is 9.59 Å². The lowest BCUT2D eigenvalue weighted by Crippen LogP contribution is -2.53. The zero-order chi connectivity index (χ0) is 17.6. The summed E-state index contributed by atoms with van der Waals surface area (Å²) in [5, 5.41) is 12.0. The second-order valence-electron chi connectivity index (χ2n) is 5.88. The van der Waals surface area contributed by atoms with Crippen LogP contribution in [0.4, 0.5) is 0 Å². The van der Waals surface area contributed by atoms with E-state index in [1.165, 1.54) is 7.11 Å². The summed E-state index contributed by atoms with van der Waals surface area (Å²) in [5.41, 5.74) is 0.0280. The highest BCUT2D eigenvalue weighted by atomic mass is 16.5. The summed E-state index contributed by atoms with van der Waals surface area (Å²) in [6.45, 7) is 0.897. The quantitative estimate of drug-likeness (QED) is 0.781. The van der Waals surface area contributed by atoms with E-state index in [1.807, 2.05) is 0 Å². The zero-order valence-corrected chi connectivity index (χ0v) is 14.0. The van der Waals surface area contributed by atoms with Crippen LogP contribution in [-0.2, 0) is 20.7 Å². The second kappa shape index (κ2) is 8.01. The van der Waals surface area contributed by atoms with E-state index in [1.54, 1.807) is 25.3 Å². The highest BCUT2D eigenvalue weighted by Crippen LogP contribution is 2.28. The SMILES string of the molecule is COc1ccc(CC(=O)NC2(CC(=O)O)CCOCC2)cc1OC. The number of carbonyl (C=O) groups is 2. The monoisotopic (exact) mass is 337 g/mol. The molecule has 24 heavy (non-hydrogen) atoms. The van der Waals surface area contributed by atoms with Crippen molar-refractivity contribution in [1.29, 1.82) is 0 Å². The lowest BCUT2D eigenvalue weighted by Gasteiger charge is -2.36. The highest BCUT2D eigenvalue weighted by Gasteiger charge is 2.36. The molecular formula is C17H23NO6. The topological polar surface area (TPSA) is 94.1 Å². The van der Waals surface area contributed by atoms with Crippen molar-refractivity contribution in [3.63, 3.8) is 0 Å². The minimum atomic E-state index is -0.927. The van der Waals surface area contributed by atoms with E-state index in [0.717, 1.165) is 5.56 Å². The third kappa shape index (κ3) is 4.61. The number of benzene rings is 1. The molecule has 2 N–H and O–H groups in total. The van der Waals surface area contributed by atoms with Gasteiger partial charge < -0.3 is 24.6 Å². The van der Waals surface area contributed by atoms with Crippen LogP contribution < -0.4 is 14.8 Å². The molecule has 0 bridgehead atoms. The van der Waals surface area contributed by atoms with Crippen LogP contribution in [0.5, 0.6) is 11.5 Å². The van der Waals surface area contributed by atoms with Crippen molar-refractivity contribution in [3.8, 4) is 11.5 Å². The predicted octanol–water partition coefficient (Wildman–Crippen LogP) is 1.39. The summed E-state index contributed by atoms with van der Waals surface area (Å²) in [4.78, 5) is 23.5. The number of amides is 1. The lowest BCUT2D eigenvalue weighted by atomic mass is 9.86. The Hall–Kier alpha value is -2.28. The fourth-order valence-electron chi connectivity index (χ4n) is 2.91. The van der Waals surface area contributed by atoms with Gasteiger partial charge in [0.25, 0.3) is 0 Å². The van der Waals surface area contributed by atoms with Gasteiger partial charge in [-0.2, -0.15) is 0 Å². The molecule has 1 aromatic rings. The van der Waals surface area contributed by atoms with Crippen molar-refractivity contribution in [2.24, 2.45) is 0 Å². The molecule has 1 amide bonds. The maximum absolute atomic E-state index is 12.4. The van der Waals surface area contributed by atoms with Crippen LogP contribution in [-0.4, -0.2) is 50.0 Å². The Bertz CT molecular complexity index is 595. The smallest absolute Gasteiger partial charge is 0.305 e. The van der Waals surface area contributed by atoms with Gasteiger partial charge in [0.05, 0.1) is 32.6 Å². The standard InChI is InChI=1S/C17H23NO6/c1-22-13-4-3-12(9-14(13)23-2)10-15(19)18-17(11-16(20)21)5-7-24-8-6-17/h3-4,9H,5-8,10-11H2,1-2H3,(H,18,19)(H,20,21). The fourth-order valence-corrected chi connectivity index (χ4v) is 2.91. The number of carbonyl (C=O) groups excluding carboxylic acids is 1. The van der Waals surface area contributed by atoms with Gasteiger partial charge in [-0.1, -0.05) is 6.07 Å². The largest absolute Gasteiger partial charge is 0.493 e. The van der Waals surface area contributed by atoms with Crippen LogP contribution in [0.25, 0.3) is 0 Å². The van der Waals surface area contributed by atoms with E-state index in [4.69, 9.17) is 19.3 Å². The zero-order valence-electron chi connectivity index (χ0n) is 14.0. The third-order valence-corrected chi connectivity index (χ3v) is 4.16. The van der Waals surface area contributed by atoms with E-state index >= 15 is 0 Å².